The summed E-state index contributed by atoms with van der Waals surface area (Å²) in [7, 11) is 1.47. The number of aromatic hydroxyl groups is 2. The number of Topliss-reactive ketones (excluding diaryl/α,β-unsaturated/α-hetero) is 1. The van der Waals surface area contributed by atoms with Crippen molar-refractivity contribution in [1.29, 1.82) is 0 Å². The number of likely N-dealkylation sites (tertiary alicyclic amines) is 1. The maximum absolute atomic E-state index is 14.7. The number of carbonyl (C=O) groups excluding carboxylic acids is 3. The van der Waals surface area contributed by atoms with Crippen LogP contribution in [0.5, 0.6) is 17.2 Å². The molecule has 6 rings (SSSR count). The molecule has 2 aromatic rings. The van der Waals surface area contributed by atoms with E-state index in [1.54, 1.807) is 65.8 Å². The third-order valence-corrected chi connectivity index (χ3v) is 12.9. The van der Waals surface area contributed by atoms with E-state index in [4.69, 9.17) is 23.9 Å². The third kappa shape index (κ3) is 8.54. The van der Waals surface area contributed by atoms with Gasteiger partial charge in [0.15, 0.2) is 5.75 Å². The second-order valence-electron chi connectivity index (χ2n) is 18.0. The van der Waals surface area contributed by atoms with Crippen LogP contribution in [0.2, 0.25) is 0 Å². The highest BCUT2D eigenvalue weighted by Crippen LogP contribution is 2.51. The molecule has 0 radical (unpaired) electrons. The van der Waals surface area contributed by atoms with Crippen LogP contribution >= 0.6 is 0 Å². The highest BCUT2D eigenvalue weighted by molar-refractivity contribution is 6.21. The van der Waals surface area contributed by atoms with E-state index < -0.39 is 82.9 Å². The van der Waals surface area contributed by atoms with E-state index in [0.29, 0.717) is 24.4 Å². The molecule has 4 aliphatic rings. The number of aliphatic hydroxyl groups excluding tert-OH is 2. The highest BCUT2D eigenvalue weighted by Gasteiger charge is 2.51. The van der Waals surface area contributed by atoms with E-state index in [-0.39, 0.29) is 49.7 Å². The maximum atomic E-state index is 14.7. The fourth-order valence-electron chi connectivity index (χ4n) is 9.24. The van der Waals surface area contributed by atoms with Crippen LogP contribution in [-0.4, -0.2) is 106 Å². The summed E-state index contributed by atoms with van der Waals surface area (Å²) in [6.07, 6.45) is 5.07. The van der Waals surface area contributed by atoms with Gasteiger partial charge in [-0.1, -0.05) is 59.8 Å². The number of rotatable bonds is 4. The molecule has 1 saturated heterocycles. The number of amides is 1. The second-order valence-corrected chi connectivity index (χ2v) is 18.0. The zero-order valence-corrected chi connectivity index (χ0v) is 37.1. The molecule has 9 atom stereocenters. The Kier molecular flexibility index (Phi) is 13.1. The largest absolute Gasteiger partial charge is 0.507 e. The van der Waals surface area contributed by atoms with Crippen molar-refractivity contribution in [2.24, 2.45) is 39.6 Å². The van der Waals surface area contributed by atoms with Gasteiger partial charge in [-0.2, -0.15) is 0 Å². The van der Waals surface area contributed by atoms with Gasteiger partial charge in [0.05, 0.1) is 41.2 Å². The predicted molar refractivity (Wildman–Crippen MR) is 228 cm³/mol. The van der Waals surface area contributed by atoms with Crippen LogP contribution < -0.4 is 20.8 Å². The summed E-state index contributed by atoms with van der Waals surface area (Å²) >= 11 is 0. The number of methoxy groups -OCH3 is 1. The zero-order valence-electron chi connectivity index (χ0n) is 37.1. The number of aliphatic hydroxyl groups is 2. The van der Waals surface area contributed by atoms with Crippen LogP contribution in [0.4, 0.5) is 5.69 Å². The number of piperidine rings is 1. The molecule has 4 heterocycles. The van der Waals surface area contributed by atoms with Crippen molar-refractivity contribution in [2.45, 2.75) is 118 Å². The number of anilines is 1. The highest BCUT2D eigenvalue weighted by atomic mass is 16.7. The maximum Gasteiger partial charge on any atom is 0.312 e. The van der Waals surface area contributed by atoms with Gasteiger partial charge in [-0.3, -0.25) is 19.4 Å². The molecule has 0 aromatic heterocycles. The number of nitrogens with zero attached hydrogens (tertiary/aromatic N) is 3. The van der Waals surface area contributed by atoms with Gasteiger partial charge >= 0.3 is 11.8 Å². The molecule has 1 fully saturated rings. The predicted octanol–water partition coefficient (Wildman–Crippen LogP) is 4.75. The van der Waals surface area contributed by atoms with E-state index in [9.17, 15) is 34.8 Å². The van der Waals surface area contributed by atoms with Crippen LogP contribution in [0.3, 0.4) is 0 Å². The van der Waals surface area contributed by atoms with E-state index >= 15 is 0 Å². The average molecular weight is 847 g/mol. The van der Waals surface area contributed by atoms with Crippen molar-refractivity contribution in [3.8, 4) is 17.2 Å². The van der Waals surface area contributed by atoms with Crippen LogP contribution in [0.1, 0.15) is 91.1 Å². The molecule has 0 saturated carbocycles. The zero-order chi connectivity index (χ0) is 44.9. The van der Waals surface area contributed by atoms with Crippen LogP contribution in [0.25, 0.3) is 10.8 Å². The number of carbonyl (C=O) groups is 3. The number of allylic oxidation sites excluding steroid dienone is 2. The molecule has 61 heavy (non-hydrogen) atoms. The average Bonchev–Trinajstić information content (AvgIpc) is 3.71. The van der Waals surface area contributed by atoms with Crippen molar-refractivity contribution in [1.82, 2.24) is 4.90 Å². The number of ether oxygens (including phenoxy) is 4. The third-order valence-electron chi connectivity index (χ3n) is 12.9. The summed E-state index contributed by atoms with van der Waals surface area (Å²) in [5.41, 5.74) is -0.111. The van der Waals surface area contributed by atoms with Crippen LogP contribution in [0.15, 0.2) is 46.1 Å². The summed E-state index contributed by atoms with van der Waals surface area (Å²) in [6, 6.07) is 0. The number of hydrogen-bond acceptors (Lipinski definition) is 14. The lowest BCUT2D eigenvalue weighted by Gasteiger charge is -2.38. The number of esters is 1. The molecule has 1 spiro atoms. The first kappa shape index (κ1) is 45.7. The number of benzene rings is 2. The van der Waals surface area contributed by atoms with Crippen molar-refractivity contribution in [3.63, 3.8) is 0 Å². The Morgan fingerprint density at radius 3 is 2.28 bits per heavy atom. The van der Waals surface area contributed by atoms with Gasteiger partial charge in [0, 0.05) is 93.6 Å². The molecule has 332 valence electrons. The Labute approximate surface area is 356 Å². The minimum Gasteiger partial charge on any atom is -0.507 e. The van der Waals surface area contributed by atoms with Crippen molar-refractivity contribution in [3.05, 3.63) is 58.0 Å². The molecule has 0 aliphatic carbocycles. The van der Waals surface area contributed by atoms with Crippen LogP contribution in [0, 0.1) is 36.5 Å². The van der Waals surface area contributed by atoms with Gasteiger partial charge < -0.3 is 49.6 Å². The van der Waals surface area contributed by atoms with E-state index in [0.717, 1.165) is 19.6 Å². The fraction of sp³-hybridized carbons (Fsp3) is 0.587. The second kappa shape index (κ2) is 17.5. The Morgan fingerprint density at radius 2 is 1.66 bits per heavy atom. The molecule has 4 aliphatic heterocycles. The standard InChI is InChI=1S/C46H62N4O11/c1-22(2)21-50-18-16-46(17-19-50)48-34-31-32-39(54)28(8)42-33(31)43(56)45(10,61-42)59-20-15-30(58-11)25(5)41(60-29(9)51)27(7)38(53)26(6)37(52)23(3)13-12-14-24(4)44(57)47-36(40(32)55)35(34)49-46/h12-15,20,22-23,25-27,30,37-38,41,48,52-55H,16-19,21H2,1-11H3/b13-12+,20-15+,24-14+,47-36?/t23-,25+,26+,27+,30-,37-,38+,41+,45-/m1/s1. The Balaban J connectivity index is 1.55. The first-order chi connectivity index (χ1) is 28.6. The molecular weight excluding hydrogens is 785 g/mol. The Morgan fingerprint density at radius 1 is 0.984 bits per heavy atom. The molecule has 5 N–H and O–H groups in total. The molecule has 0 unspecified atom stereocenters. The number of nitrogens with one attached hydrogen (secondary N) is 1. The minimum absolute atomic E-state index is 0.0538. The van der Waals surface area contributed by atoms with Gasteiger partial charge in [0.25, 0.3) is 11.7 Å². The summed E-state index contributed by atoms with van der Waals surface area (Å²) in [5.74, 6) is -6.57. The lowest BCUT2D eigenvalue weighted by atomic mass is 9.78. The quantitative estimate of drug-likeness (QED) is 0.208. The molecule has 1 amide bonds. The first-order valence-corrected chi connectivity index (χ1v) is 21.2. The number of ketones is 1. The monoisotopic (exact) mass is 846 g/mol. The van der Waals surface area contributed by atoms with Gasteiger partial charge in [-0.25, -0.2) is 4.99 Å². The van der Waals surface area contributed by atoms with Crippen molar-refractivity contribution < 1.29 is 53.8 Å². The summed E-state index contributed by atoms with van der Waals surface area (Å²) in [6.45, 7) is 19.6. The summed E-state index contributed by atoms with van der Waals surface area (Å²) in [5, 5.41) is 50.5. The van der Waals surface area contributed by atoms with Gasteiger partial charge in [0.1, 0.15) is 34.0 Å². The normalized spacial score (nSPS) is 32.7. The Bertz CT molecular complexity index is 2300. The van der Waals surface area contributed by atoms with E-state index in [1.165, 1.54) is 27.2 Å². The van der Waals surface area contributed by atoms with Gasteiger partial charge in [-0.05, 0) is 25.8 Å². The smallest absolute Gasteiger partial charge is 0.312 e. The molecule has 4 bridgehead atoms. The number of hydrogen-bond donors (Lipinski definition) is 5. The SMILES string of the molecule is CO[C@@H]1/C=C/O[C@]2(C)Oc3c(C)c(O)c4c(O)c(c5c(c4c3C2=O)NC2(CCN(CC(C)C)CC2)N=5)=NC(=O)/C(C)=C/C=C/[C@@H](C)[C@@H](O)[C@H](C)[C@H](O)[C@H](C)[C@@H](OC(C)=O)[C@H]1C. The van der Waals surface area contributed by atoms with E-state index in [2.05, 4.69) is 29.1 Å². The minimum atomic E-state index is -1.95. The number of fused-ring (bicyclic) bond motifs is 1. The summed E-state index contributed by atoms with van der Waals surface area (Å²) in [4.78, 5) is 52.9. The van der Waals surface area contributed by atoms with Crippen molar-refractivity contribution >= 4 is 34.1 Å². The molecule has 15 nitrogen and oxygen atoms in total. The lowest BCUT2D eigenvalue weighted by Crippen LogP contribution is -2.47. The van der Waals surface area contributed by atoms with Crippen LogP contribution in [-0.2, 0) is 23.8 Å². The van der Waals surface area contributed by atoms with Gasteiger partial charge in [0.2, 0.25) is 0 Å². The van der Waals surface area contributed by atoms with E-state index in [1.807, 2.05) is 0 Å². The topological polar surface area (TPSA) is 209 Å². The first-order valence-electron chi connectivity index (χ1n) is 21.2. The lowest BCUT2D eigenvalue weighted by molar-refractivity contribution is -0.160. The molecule has 2 aromatic carbocycles. The van der Waals surface area contributed by atoms with Gasteiger partial charge in [-0.15, -0.1) is 0 Å². The number of phenols is 2. The molecular formula is C46H62N4O11. The number of phenolic OH excluding ortho intramolecular Hbond substituents is 2. The summed E-state index contributed by atoms with van der Waals surface area (Å²) < 4.78 is 24.0. The molecule has 15 heteroatoms. The van der Waals surface area contributed by atoms with Crippen molar-refractivity contribution in [2.75, 3.05) is 32.1 Å². The fourth-order valence-corrected chi connectivity index (χ4v) is 9.24. The Hall–Kier alpha value is -4.83.